The van der Waals surface area contributed by atoms with Crippen molar-refractivity contribution in [3.05, 3.63) is 0 Å². The number of hydrogen-bond donors (Lipinski definition) is 0. The van der Waals surface area contributed by atoms with Crippen molar-refractivity contribution in [3.63, 3.8) is 0 Å². The first-order valence-electron chi connectivity index (χ1n) is 5.60. The Morgan fingerprint density at radius 3 is 2.57 bits per heavy atom. The number of nitrogens with zero attached hydrogens (tertiary/aromatic N) is 1. The van der Waals surface area contributed by atoms with Gasteiger partial charge in [0.2, 0.25) is 0 Å². The molecule has 0 N–H and O–H groups in total. The van der Waals surface area contributed by atoms with E-state index in [9.17, 15) is 4.79 Å². The lowest BCUT2D eigenvalue weighted by atomic mass is 10.2. The molecule has 1 atom stereocenters. The highest BCUT2D eigenvalue weighted by Crippen LogP contribution is 2.28. The van der Waals surface area contributed by atoms with Gasteiger partial charge in [0.1, 0.15) is 0 Å². The molecular weight excluding hydrogens is 178 g/mol. The molecule has 0 aromatic carbocycles. The fourth-order valence-electron chi connectivity index (χ4n) is 1.91. The Hall–Kier alpha value is -0.570. The highest BCUT2D eigenvalue weighted by molar-refractivity contribution is 5.70. The molecule has 1 saturated carbocycles. The zero-order valence-corrected chi connectivity index (χ0v) is 9.45. The molecule has 0 spiro atoms. The number of carbonyl (C=O) groups excluding carboxylic acids is 1. The van der Waals surface area contributed by atoms with Gasteiger partial charge in [-0.1, -0.05) is 6.92 Å². The van der Waals surface area contributed by atoms with Crippen LogP contribution in [0.2, 0.25) is 0 Å². The number of rotatable bonds is 6. The third-order valence-electron chi connectivity index (χ3n) is 2.71. The van der Waals surface area contributed by atoms with E-state index in [0.717, 1.165) is 12.6 Å². The maximum atomic E-state index is 11.3. The zero-order valence-electron chi connectivity index (χ0n) is 9.45. The van der Waals surface area contributed by atoms with Gasteiger partial charge in [-0.2, -0.15) is 0 Å². The molecule has 0 aromatic heterocycles. The van der Waals surface area contributed by atoms with Crippen molar-refractivity contribution < 1.29 is 9.53 Å². The minimum atomic E-state index is -0.0703. The lowest BCUT2D eigenvalue weighted by Crippen LogP contribution is -2.36. The molecule has 1 rings (SSSR count). The number of esters is 1. The van der Waals surface area contributed by atoms with Crippen molar-refractivity contribution in [3.8, 4) is 0 Å². The first kappa shape index (κ1) is 11.5. The van der Waals surface area contributed by atoms with Gasteiger partial charge >= 0.3 is 5.97 Å². The van der Waals surface area contributed by atoms with Crippen LogP contribution in [-0.2, 0) is 9.53 Å². The molecule has 0 saturated heterocycles. The van der Waals surface area contributed by atoms with Crippen LogP contribution in [0.4, 0.5) is 0 Å². The molecule has 0 radical (unpaired) electrons. The van der Waals surface area contributed by atoms with Crippen LogP contribution in [0.3, 0.4) is 0 Å². The van der Waals surface area contributed by atoms with Crippen molar-refractivity contribution in [2.45, 2.75) is 52.1 Å². The first-order valence-corrected chi connectivity index (χ1v) is 5.60. The normalized spacial score (nSPS) is 18.3. The second-order valence-electron chi connectivity index (χ2n) is 3.92. The second kappa shape index (κ2) is 5.35. The van der Waals surface area contributed by atoms with Crippen molar-refractivity contribution in [1.29, 1.82) is 0 Å². The molecule has 14 heavy (non-hydrogen) atoms. The van der Waals surface area contributed by atoms with E-state index in [1.165, 1.54) is 12.8 Å². The Bertz CT molecular complexity index is 190. The predicted molar refractivity (Wildman–Crippen MR) is 56.1 cm³/mol. The van der Waals surface area contributed by atoms with Crippen LogP contribution in [0.25, 0.3) is 0 Å². The summed E-state index contributed by atoms with van der Waals surface area (Å²) < 4.78 is 4.94. The van der Waals surface area contributed by atoms with E-state index in [4.69, 9.17) is 4.74 Å². The summed E-state index contributed by atoms with van der Waals surface area (Å²) in [6.07, 6.45) is 3.11. The Morgan fingerprint density at radius 1 is 1.50 bits per heavy atom. The van der Waals surface area contributed by atoms with Crippen molar-refractivity contribution >= 4 is 5.97 Å². The van der Waals surface area contributed by atoms with Crippen LogP contribution in [-0.4, -0.2) is 36.1 Å². The monoisotopic (exact) mass is 199 g/mol. The van der Waals surface area contributed by atoms with Crippen molar-refractivity contribution in [2.24, 2.45) is 0 Å². The van der Waals surface area contributed by atoms with E-state index >= 15 is 0 Å². The van der Waals surface area contributed by atoms with Crippen LogP contribution in [0.1, 0.15) is 40.0 Å². The SMILES string of the molecule is CCOC(=O)CC(C)N(CC)C1CC1. The standard InChI is InChI=1S/C11H21NO2/c1-4-12(10-6-7-10)9(3)8-11(13)14-5-2/h9-10H,4-8H2,1-3H3. The highest BCUT2D eigenvalue weighted by Gasteiger charge is 2.31. The number of hydrogen-bond acceptors (Lipinski definition) is 3. The minimum absolute atomic E-state index is 0.0703. The lowest BCUT2D eigenvalue weighted by molar-refractivity contribution is -0.144. The van der Waals surface area contributed by atoms with Crippen molar-refractivity contribution in [1.82, 2.24) is 4.90 Å². The highest BCUT2D eigenvalue weighted by atomic mass is 16.5. The van der Waals surface area contributed by atoms with Crippen LogP contribution in [0, 0.1) is 0 Å². The third-order valence-corrected chi connectivity index (χ3v) is 2.71. The maximum Gasteiger partial charge on any atom is 0.307 e. The summed E-state index contributed by atoms with van der Waals surface area (Å²) >= 11 is 0. The molecule has 1 fully saturated rings. The first-order chi connectivity index (χ1) is 6.69. The molecule has 0 heterocycles. The van der Waals surface area contributed by atoms with Crippen LogP contribution >= 0.6 is 0 Å². The van der Waals surface area contributed by atoms with Crippen LogP contribution in [0.5, 0.6) is 0 Å². The summed E-state index contributed by atoms with van der Waals surface area (Å²) in [6.45, 7) is 7.63. The topological polar surface area (TPSA) is 29.5 Å². The summed E-state index contributed by atoms with van der Waals surface area (Å²) in [5, 5.41) is 0. The average molecular weight is 199 g/mol. The maximum absolute atomic E-state index is 11.3. The van der Waals surface area contributed by atoms with Crippen LogP contribution in [0.15, 0.2) is 0 Å². The molecule has 0 aromatic rings. The summed E-state index contributed by atoms with van der Waals surface area (Å²) in [5.74, 6) is -0.0703. The second-order valence-corrected chi connectivity index (χ2v) is 3.92. The van der Waals surface area contributed by atoms with Gasteiger partial charge in [-0.25, -0.2) is 0 Å². The fraction of sp³-hybridized carbons (Fsp3) is 0.909. The Kier molecular flexibility index (Phi) is 4.39. The molecule has 0 bridgehead atoms. The third kappa shape index (κ3) is 3.29. The molecule has 0 aliphatic heterocycles. The van der Waals surface area contributed by atoms with Gasteiger partial charge in [0.15, 0.2) is 0 Å². The summed E-state index contributed by atoms with van der Waals surface area (Å²) in [4.78, 5) is 13.7. The predicted octanol–water partition coefficient (Wildman–Crippen LogP) is 1.81. The number of ether oxygens (including phenoxy) is 1. The largest absolute Gasteiger partial charge is 0.466 e. The smallest absolute Gasteiger partial charge is 0.307 e. The quantitative estimate of drug-likeness (QED) is 0.611. The van der Waals surface area contributed by atoms with Gasteiger partial charge in [-0.3, -0.25) is 9.69 Å². The van der Waals surface area contributed by atoms with Gasteiger partial charge < -0.3 is 4.74 Å². The lowest BCUT2D eigenvalue weighted by Gasteiger charge is -2.26. The van der Waals surface area contributed by atoms with Gasteiger partial charge in [0.25, 0.3) is 0 Å². The van der Waals surface area contributed by atoms with E-state index in [1.54, 1.807) is 0 Å². The fourth-order valence-corrected chi connectivity index (χ4v) is 1.91. The van der Waals surface area contributed by atoms with Crippen LogP contribution < -0.4 is 0 Å². The van der Waals surface area contributed by atoms with Gasteiger partial charge in [-0.15, -0.1) is 0 Å². The van der Waals surface area contributed by atoms with Gasteiger partial charge in [0.05, 0.1) is 13.0 Å². The summed E-state index contributed by atoms with van der Waals surface area (Å²) in [5.41, 5.74) is 0. The molecule has 3 nitrogen and oxygen atoms in total. The van der Waals surface area contributed by atoms with E-state index in [1.807, 2.05) is 6.92 Å². The van der Waals surface area contributed by atoms with Gasteiger partial charge in [0, 0.05) is 12.1 Å². The molecule has 1 unspecified atom stereocenters. The molecule has 82 valence electrons. The Balaban J connectivity index is 2.30. The Labute approximate surface area is 86.4 Å². The van der Waals surface area contributed by atoms with E-state index < -0.39 is 0 Å². The van der Waals surface area contributed by atoms with E-state index in [-0.39, 0.29) is 5.97 Å². The molecule has 3 heteroatoms. The summed E-state index contributed by atoms with van der Waals surface area (Å²) in [7, 11) is 0. The van der Waals surface area contributed by atoms with Crippen molar-refractivity contribution in [2.75, 3.05) is 13.2 Å². The molecule has 1 aliphatic carbocycles. The minimum Gasteiger partial charge on any atom is -0.466 e. The Morgan fingerprint density at radius 2 is 2.14 bits per heavy atom. The van der Waals surface area contributed by atoms with E-state index in [0.29, 0.717) is 19.1 Å². The molecular formula is C11H21NO2. The molecule has 1 aliphatic rings. The summed E-state index contributed by atoms with van der Waals surface area (Å²) in [6, 6.07) is 1.05. The molecule has 0 amide bonds. The average Bonchev–Trinajstić information content (AvgIpc) is 2.89. The number of carbonyl (C=O) groups is 1. The zero-order chi connectivity index (χ0) is 10.6. The van der Waals surface area contributed by atoms with Gasteiger partial charge in [-0.05, 0) is 33.2 Å². The van der Waals surface area contributed by atoms with E-state index in [2.05, 4.69) is 18.7 Å².